The summed E-state index contributed by atoms with van der Waals surface area (Å²) in [7, 11) is 0. The number of pyridine rings is 1. The molecule has 4 rings (SSSR count). The minimum atomic E-state index is 1.09. The largest absolute Gasteiger partial charge is 0.248 e. The molecule has 0 atom stereocenters. The van der Waals surface area contributed by atoms with Crippen LogP contribution in [-0.2, 0) is 12.8 Å². The third-order valence-electron chi connectivity index (χ3n) is 5.05. The maximum absolute atomic E-state index is 4.90. The van der Waals surface area contributed by atoms with Crippen LogP contribution in [0.1, 0.15) is 50.0 Å². The number of hydrogen-bond acceptors (Lipinski definition) is 2. The average molecular weight is 348 g/mol. The second kappa shape index (κ2) is 7.13. The third-order valence-corrected chi connectivity index (χ3v) is 6.30. The second-order valence-corrected chi connectivity index (χ2v) is 8.07. The molecule has 0 fully saturated rings. The van der Waals surface area contributed by atoms with Gasteiger partial charge < -0.3 is 0 Å². The van der Waals surface area contributed by atoms with Gasteiger partial charge in [-0.2, -0.15) is 0 Å². The van der Waals surface area contributed by atoms with E-state index in [1.807, 2.05) is 11.3 Å². The predicted octanol–water partition coefficient (Wildman–Crippen LogP) is 7.29. The Morgan fingerprint density at radius 3 is 2.48 bits per heavy atom. The Bertz CT molecular complexity index is 1030. The Morgan fingerprint density at radius 1 is 0.840 bits per heavy atom. The molecule has 0 aliphatic rings. The van der Waals surface area contributed by atoms with Crippen LogP contribution in [0, 0.1) is 0 Å². The molecule has 2 heterocycles. The first-order valence-corrected chi connectivity index (χ1v) is 10.4. The molecule has 4 aromatic rings. The van der Waals surface area contributed by atoms with E-state index in [1.54, 1.807) is 10.4 Å². The van der Waals surface area contributed by atoms with Crippen molar-refractivity contribution in [2.45, 2.75) is 52.4 Å². The monoisotopic (exact) mass is 347 g/mol. The Kier molecular flexibility index (Phi) is 4.72. The van der Waals surface area contributed by atoms with Crippen molar-refractivity contribution in [3.05, 3.63) is 52.9 Å². The van der Waals surface area contributed by atoms with Crippen molar-refractivity contribution in [1.29, 1.82) is 0 Å². The summed E-state index contributed by atoms with van der Waals surface area (Å²) in [6, 6.07) is 15.4. The highest BCUT2D eigenvalue weighted by molar-refractivity contribution is 7.19. The summed E-state index contributed by atoms with van der Waals surface area (Å²) in [5, 5.41) is 3.96. The van der Waals surface area contributed by atoms with Gasteiger partial charge in [-0.25, -0.2) is 4.98 Å². The molecule has 0 bridgehead atoms. The maximum atomic E-state index is 4.90. The molecule has 0 amide bonds. The van der Waals surface area contributed by atoms with Gasteiger partial charge in [-0.05, 0) is 60.9 Å². The van der Waals surface area contributed by atoms with Crippen molar-refractivity contribution >= 4 is 43.2 Å². The summed E-state index contributed by atoms with van der Waals surface area (Å²) in [4.78, 5) is 6.50. The predicted molar refractivity (Wildman–Crippen MR) is 112 cm³/mol. The Balaban J connectivity index is 1.91. The molecule has 0 aliphatic heterocycles. The lowest BCUT2D eigenvalue weighted by Gasteiger charge is -2.05. The van der Waals surface area contributed by atoms with Crippen molar-refractivity contribution in [3.8, 4) is 0 Å². The highest BCUT2D eigenvalue weighted by atomic mass is 32.1. The molecule has 2 heteroatoms. The van der Waals surface area contributed by atoms with Crippen LogP contribution < -0.4 is 0 Å². The highest BCUT2D eigenvalue weighted by Gasteiger charge is 2.13. The van der Waals surface area contributed by atoms with Crippen molar-refractivity contribution in [2.75, 3.05) is 0 Å². The Morgan fingerprint density at radius 2 is 1.64 bits per heavy atom. The number of thiophene rings is 1. The lowest BCUT2D eigenvalue weighted by atomic mass is 10.0. The van der Waals surface area contributed by atoms with E-state index < -0.39 is 0 Å². The summed E-state index contributed by atoms with van der Waals surface area (Å²) in [6.45, 7) is 4.56. The number of para-hydroxylation sites is 1. The molecule has 2 aromatic heterocycles. The van der Waals surface area contributed by atoms with E-state index in [1.165, 1.54) is 59.4 Å². The fraction of sp³-hybridized carbons (Fsp3) is 0.348. The molecule has 2 aromatic carbocycles. The van der Waals surface area contributed by atoms with Gasteiger partial charge in [0, 0.05) is 20.3 Å². The number of rotatable bonds is 6. The lowest BCUT2D eigenvalue weighted by Crippen LogP contribution is -1.90. The SMILES string of the molecule is CCCCc1sc2cc3nc4ccccc4cc3cc2c1CCCC. The lowest BCUT2D eigenvalue weighted by molar-refractivity contribution is 0.770. The second-order valence-electron chi connectivity index (χ2n) is 6.93. The van der Waals surface area contributed by atoms with Gasteiger partial charge in [0.2, 0.25) is 0 Å². The number of hydrogen-bond donors (Lipinski definition) is 0. The Labute approximate surface area is 153 Å². The topological polar surface area (TPSA) is 12.9 Å². The van der Waals surface area contributed by atoms with Crippen molar-refractivity contribution in [2.24, 2.45) is 0 Å². The van der Waals surface area contributed by atoms with Gasteiger partial charge in [-0.3, -0.25) is 0 Å². The first-order chi connectivity index (χ1) is 12.3. The maximum Gasteiger partial charge on any atom is 0.0724 e. The van der Waals surface area contributed by atoms with Crippen LogP contribution in [0.15, 0.2) is 42.5 Å². The first kappa shape index (κ1) is 16.5. The number of aromatic nitrogens is 1. The van der Waals surface area contributed by atoms with E-state index in [9.17, 15) is 0 Å². The number of fused-ring (bicyclic) bond motifs is 3. The standard InChI is InChI=1S/C23H25NS/c1-3-5-10-18-19-14-17-13-16-9-7-8-11-20(16)24-21(17)15-23(19)25-22(18)12-6-4-2/h7-9,11,13-15H,3-6,10,12H2,1-2H3. The van der Waals surface area contributed by atoms with Crippen molar-refractivity contribution in [3.63, 3.8) is 0 Å². The number of unbranched alkanes of at least 4 members (excludes halogenated alkanes) is 2. The quantitative estimate of drug-likeness (QED) is 0.334. The minimum Gasteiger partial charge on any atom is -0.248 e. The van der Waals surface area contributed by atoms with Gasteiger partial charge in [0.25, 0.3) is 0 Å². The number of benzene rings is 2. The van der Waals surface area contributed by atoms with Crippen molar-refractivity contribution < 1.29 is 0 Å². The molecular formula is C23H25NS. The molecule has 0 aliphatic carbocycles. The molecule has 0 saturated heterocycles. The van der Waals surface area contributed by atoms with E-state index in [0.717, 1.165) is 11.0 Å². The first-order valence-electron chi connectivity index (χ1n) is 9.54. The van der Waals surface area contributed by atoms with Gasteiger partial charge in [-0.1, -0.05) is 44.9 Å². The van der Waals surface area contributed by atoms with Crippen LogP contribution in [0.4, 0.5) is 0 Å². The van der Waals surface area contributed by atoms with Gasteiger partial charge in [-0.15, -0.1) is 11.3 Å². The summed E-state index contributed by atoms with van der Waals surface area (Å²) in [6.07, 6.45) is 7.51. The van der Waals surface area contributed by atoms with Crippen LogP contribution in [0.25, 0.3) is 31.9 Å². The van der Waals surface area contributed by atoms with Gasteiger partial charge >= 0.3 is 0 Å². The van der Waals surface area contributed by atoms with Crippen LogP contribution in [0.5, 0.6) is 0 Å². The summed E-state index contributed by atoms with van der Waals surface area (Å²) < 4.78 is 1.41. The molecule has 128 valence electrons. The molecule has 0 saturated carbocycles. The minimum absolute atomic E-state index is 1.09. The van der Waals surface area contributed by atoms with E-state index in [0.29, 0.717) is 0 Å². The molecule has 0 radical (unpaired) electrons. The highest BCUT2D eigenvalue weighted by Crippen LogP contribution is 2.36. The summed E-state index contributed by atoms with van der Waals surface area (Å²) >= 11 is 1.99. The van der Waals surface area contributed by atoms with Crippen LogP contribution in [0.2, 0.25) is 0 Å². The smallest absolute Gasteiger partial charge is 0.0724 e. The molecule has 25 heavy (non-hydrogen) atoms. The van der Waals surface area contributed by atoms with E-state index in [-0.39, 0.29) is 0 Å². The zero-order valence-corrected chi connectivity index (χ0v) is 16.0. The van der Waals surface area contributed by atoms with E-state index in [2.05, 4.69) is 56.3 Å². The zero-order chi connectivity index (χ0) is 17.2. The fourth-order valence-electron chi connectivity index (χ4n) is 3.64. The Hall–Kier alpha value is -1.93. The van der Waals surface area contributed by atoms with E-state index >= 15 is 0 Å². The molecule has 0 spiro atoms. The fourth-order valence-corrected chi connectivity index (χ4v) is 4.95. The van der Waals surface area contributed by atoms with Crippen molar-refractivity contribution in [1.82, 2.24) is 4.98 Å². The zero-order valence-electron chi connectivity index (χ0n) is 15.1. The molecule has 0 unspecified atom stereocenters. The van der Waals surface area contributed by atoms with Crippen LogP contribution in [0.3, 0.4) is 0 Å². The third kappa shape index (κ3) is 3.16. The average Bonchev–Trinajstić information content (AvgIpc) is 2.97. The van der Waals surface area contributed by atoms with Gasteiger partial charge in [0.15, 0.2) is 0 Å². The normalized spacial score (nSPS) is 11.8. The molecule has 0 N–H and O–H groups in total. The molecule has 1 nitrogen and oxygen atoms in total. The van der Waals surface area contributed by atoms with Gasteiger partial charge in [0.1, 0.15) is 0 Å². The van der Waals surface area contributed by atoms with Crippen LogP contribution >= 0.6 is 11.3 Å². The number of aryl methyl sites for hydroxylation is 2. The summed E-state index contributed by atoms with van der Waals surface area (Å²) in [5.41, 5.74) is 3.81. The summed E-state index contributed by atoms with van der Waals surface area (Å²) in [5.74, 6) is 0. The van der Waals surface area contributed by atoms with E-state index in [4.69, 9.17) is 4.98 Å². The molecular weight excluding hydrogens is 322 g/mol. The number of nitrogens with zero attached hydrogens (tertiary/aromatic N) is 1. The van der Waals surface area contributed by atoms with Crippen LogP contribution in [-0.4, -0.2) is 4.98 Å². The van der Waals surface area contributed by atoms with Gasteiger partial charge in [0.05, 0.1) is 11.0 Å².